The van der Waals surface area contributed by atoms with Gasteiger partial charge >= 0.3 is 0 Å². The average molecular weight is 212 g/mol. The molecule has 0 radical (unpaired) electrons. The van der Waals surface area contributed by atoms with Crippen LogP contribution in [-0.2, 0) is 4.79 Å². The molecule has 3 heteroatoms. The van der Waals surface area contributed by atoms with Crippen LogP contribution in [0.3, 0.4) is 0 Å². The highest BCUT2D eigenvalue weighted by Gasteiger charge is 2.26. The Balaban J connectivity index is 2.45. The van der Waals surface area contributed by atoms with E-state index in [4.69, 9.17) is 0 Å². The number of nitrogens with one attached hydrogen (secondary N) is 1. The van der Waals surface area contributed by atoms with Gasteiger partial charge in [0.2, 0.25) is 5.91 Å². The summed E-state index contributed by atoms with van der Waals surface area (Å²) in [6.07, 6.45) is 3.36. The van der Waals surface area contributed by atoms with Crippen molar-refractivity contribution in [2.75, 3.05) is 13.1 Å². The maximum atomic E-state index is 12.0. The van der Waals surface area contributed by atoms with Crippen LogP contribution in [0.2, 0.25) is 0 Å². The number of hydrogen-bond acceptors (Lipinski definition) is 2. The molecule has 1 saturated heterocycles. The fourth-order valence-electron chi connectivity index (χ4n) is 1.96. The molecule has 1 aliphatic heterocycles. The van der Waals surface area contributed by atoms with Crippen molar-refractivity contribution in [2.45, 2.75) is 58.5 Å². The first-order chi connectivity index (χ1) is 6.96. The first kappa shape index (κ1) is 12.5. The maximum absolute atomic E-state index is 12.0. The summed E-state index contributed by atoms with van der Waals surface area (Å²) in [6.45, 7) is 10.3. The van der Waals surface area contributed by atoms with Gasteiger partial charge in [0, 0.05) is 18.6 Å². The Labute approximate surface area is 93.2 Å². The molecule has 1 fully saturated rings. The summed E-state index contributed by atoms with van der Waals surface area (Å²) < 4.78 is 0. The minimum absolute atomic E-state index is 0.0504. The average Bonchev–Trinajstić information content (AvgIpc) is 2.68. The van der Waals surface area contributed by atoms with Crippen molar-refractivity contribution in [1.82, 2.24) is 10.2 Å². The molecule has 0 aliphatic carbocycles. The Morgan fingerprint density at radius 1 is 1.40 bits per heavy atom. The number of hydrogen-bond donors (Lipinski definition) is 1. The number of amides is 1. The third kappa shape index (κ3) is 3.49. The number of carbonyl (C=O) groups is 1. The van der Waals surface area contributed by atoms with Crippen molar-refractivity contribution >= 4 is 5.91 Å². The largest absolute Gasteiger partial charge is 0.341 e. The van der Waals surface area contributed by atoms with Gasteiger partial charge in [0.1, 0.15) is 0 Å². The van der Waals surface area contributed by atoms with Crippen LogP contribution in [0.1, 0.15) is 47.0 Å². The van der Waals surface area contributed by atoms with E-state index >= 15 is 0 Å². The van der Waals surface area contributed by atoms with Gasteiger partial charge < -0.3 is 10.2 Å². The number of rotatable bonds is 4. The van der Waals surface area contributed by atoms with E-state index in [1.165, 1.54) is 0 Å². The molecule has 1 N–H and O–H groups in total. The van der Waals surface area contributed by atoms with Crippen LogP contribution in [0.4, 0.5) is 0 Å². The van der Waals surface area contributed by atoms with Crippen molar-refractivity contribution in [3.05, 3.63) is 0 Å². The van der Waals surface area contributed by atoms with Gasteiger partial charge in [-0.05, 0) is 40.0 Å². The van der Waals surface area contributed by atoms with Gasteiger partial charge in [-0.15, -0.1) is 0 Å². The molecule has 1 heterocycles. The van der Waals surface area contributed by atoms with Crippen LogP contribution >= 0.6 is 0 Å². The molecule has 0 bridgehead atoms. The van der Waals surface area contributed by atoms with E-state index in [-0.39, 0.29) is 17.5 Å². The summed E-state index contributed by atoms with van der Waals surface area (Å²) >= 11 is 0. The Bertz CT molecular complexity index is 220. The normalized spacial score (nSPS) is 19.3. The quantitative estimate of drug-likeness (QED) is 0.770. The predicted molar refractivity (Wildman–Crippen MR) is 62.8 cm³/mol. The van der Waals surface area contributed by atoms with E-state index in [0.29, 0.717) is 0 Å². The smallest absolute Gasteiger partial charge is 0.239 e. The number of carbonyl (C=O) groups excluding carboxylic acids is 1. The molecule has 0 saturated carbocycles. The summed E-state index contributed by atoms with van der Waals surface area (Å²) in [6, 6.07) is -0.0574. The zero-order chi connectivity index (χ0) is 11.5. The molecule has 0 aromatic rings. The number of nitrogens with zero attached hydrogens (tertiary/aromatic N) is 1. The lowest BCUT2D eigenvalue weighted by Gasteiger charge is -2.30. The van der Waals surface area contributed by atoms with Crippen molar-refractivity contribution in [2.24, 2.45) is 0 Å². The second-order valence-electron chi connectivity index (χ2n) is 5.14. The zero-order valence-corrected chi connectivity index (χ0v) is 10.5. The highest BCUT2D eigenvalue weighted by atomic mass is 16.2. The first-order valence-corrected chi connectivity index (χ1v) is 6.03. The van der Waals surface area contributed by atoms with Gasteiger partial charge in [0.15, 0.2) is 0 Å². The predicted octanol–water partition coefficient (Wildman–Crippen LogP) is 1.78. The maximum Gasteiger partial charge on any atom is 0.239 e. The van der Waals surface area contributed by atoms with E-state index < -0.39 is 0 Å². The monoisotopic (exact) mass is 212 g/mol. The van der Waals surface area contributed by atoms with Crippen molar-refractivity contribution in [3.8, 4) is 0 Å². The molecule has 1 unspecified atom stereocenters. The highest BCUT2D eigenvalue weighted by molar-refractivity contribution is 5.81. The van der Waals surface area contributed by atoms with E-state index in [9.17, 15) is 4.79 Å². The van der Waals surface area contributed by atoms with Gasteiger partial charge in [-0.2, -0.15) is 0 Å². The van der Waals surface area contributed by atoms with Gasteiger partial charge in [-0.1, -0.05) is 6.92 Å². The van der Waals surface area contributed by atoms with Gasteiger partial charge in [-0.3, -0.25) is 4.79 Å². The van der Waals surface area contributed by atoms with Crippen LogP contribution in [0.25, 0.3) is 0 Å². The van der Waals surface area contributed by atoms with Crippen LogP contribution < -0.4 is 5.32 Å². The van der Waals surface area contributed by atoms with Crippen LogP contribution in [-0.4, -0.2) is 35.5 Å². The molecule has 1 aliphatic rings. The lowest BCUT2D eigenvalue weighted by molar-refractivity contribution is -0.132. The van der Waals surface area contributed by atoms with E-state index in [2.05, 4.69) is 26.1 Å². The lowest BCUT2D eigenvalue weighted by Crippen LogP contribution is -2.51. The SMILES string of the molecule is CCC(C)(C)NC(C)C(=O)N1CCCC1. The molecule has 1 amide bonds. The molecule has 88 valence electrons. The Hall–Kier alpha value is -0.570. The van der Waals surface area contributed by atoms with E-state index in [0.717, 1.165) is 32.4 Å². The lowest BCUT2D eigenvalue weighted by atomic mass is 10.0. The van der Waals surface area contributed by atoms with E-state index in [1.54, 1.807) is 0 Å². The summed E-state index contributed by atoms with van der Waals surface area (Å²) in [7, 11) is 0. The third-order valence-corrected chi connectivity index (χ3v) is 3.28. The second kappa shape index (κ2) is 4.97. The van der Waals surface area contributed by atoms with Crippen molar-refractivity contribution in [3.63, 3.8) is 0 Å². The molecule has 3 nitrogen and oxygen atoms in total. The minimum atomic E-state index is -0.0574. The molecular formula is C12H24N2O. The molecule has 1 rings (SSSR count). The number of likely N-dealkylation sites (tertiary alicyclic amines) is 1. The van der Waals surface area contributed by atoms with Crippen molar-refractivity contribution in [1.29, 1.82) is 0 Å². The van der Waals surface area contributed by atoms with Gasteiger partial charge in [0.25, 0.3) is 0 Å². The minimum Gasteiger partial charge on any atom is -0.341 e. The fraction of sp³-hybridized carbons (Fsp3) is 0.917. The Morgan fingerprint density at radius 2 is 1.93 bits per heavy atom. The summed E-state index contributed by atoms with van der Waals surface area (Å²) in [5.41, 5.74) is 0.0504. The molecular weight excluding hydrogens is 188 g/mol. The summed E-state index contributed by atoms with van der Waals surface area (Å²) in [5.74, 6) is 0.258. The van der Waals surface area contributed by atoms with Crippen LogP contribution in [0.5, 0.6) is 0 Å². The summed E-state index contributed by atoms with van der Waals surface area (Å²) in [4.78, 5) is 14.0. The molecule has 0 aromatic carbocycles. The first-order valence-electron chi connectivity index (χ1n) is 6.03. The third-order valence-electron chi connectivity index (χ3n) is 3.28. The second-order valence-corrected chi connectivity index (χ2v) is 5.14. The Morgan fingerprint density at radius 3 is 2.40 bits per heavy atom. The molecule has 1 atom stereocenters. The molecule has 0 spiro atoms. The highest BCUT2D eigenvalue weighted by Crippen LogP contribution is 2.12. The zero-order valence-electron chi connectivity index (χ0n) is 10.5. The molecule has 0 aromatic heterocycles. The van der Waals surface area contributed by atoms with Gasteiger partial charge in [-0.25, -0.2) is 0 Å². The fourth-order valence-corrected chi connectivity index (χ4v) is 1.96. The van der Waals surface area contributed by atoms with Crippen LogP contribution in [0, 0.1) is 0 Å². The Kier molecular flexibility index (Phi) is 4.14. The van der Waals surface area contributed by atoms with Gasteiger partial charge in [0.05, 0.1) is 6.04 Å². The summed E-state index contributed by atoms with van der Waals surface area (Å²) in [5, 5.41) is 3.39. The topological polar surface area (TPSA) is 32.3 Å². The van der Waals surface area contributed by atoms with Crippen molar-refractivity contribution < 1.29 is 4.79 Å². The standard InChI is InChI=1S/C12H24N2O/c1-5-12(3,4)13-10(2)11(15)14-8-6-7-9-14/h10,13H,5-9H2,1-4H3. The van der Waals surface area contributed by atoms with Crippen LogP contribution in [0.15, 0.2) is 0 Å². The van der Waals surface area contributed by atoms with E-state index in [1.807, 2.05) is 11.8 Å². The molecule has 15 heavy (non-hydrogen) atoms.